The van der Waals surface area contributed by atoms with Crippen LogP contribution in [-0.2, 0) is 4.79 Å². The minimum absolute atomic E-state index is 0.0968. The van der Waals surface area contributed by atoms with Gasteiger partial charge in [-0.1, -0.05) is 12.8 Å². The number of nitrogens with one attached hydrogen (secondary N) is 2. The van der Waals surface area contributed by atoms with E-state index in [2.05, 4.69) is 15.6 Å². The molecule has 26 heavy (non-hydrogen) atoms. The lowest BCUT2D eigenvalue weighted by Crippen LogP contribution is -2.44. The number of alkyl halides is 3. The van der Waals surface area contributed by atoms with E-state index in [-0.39, 0.29) is 12.5 Å². The van der Waals surface area contributed by atoms with Crippen molar-refractivity contribution in [3.05, 3.63) is 0 Å². The van der Waals surface area contributed by atoms with Gasteiger partial charge in [0, 0.05) is 33.7 Å². The average Bonchev–Trinajstić information content (AvgIpc) is 3.00. The van der Waals surface area contributed by atoms with E-state index in [0.29, 0.717) is 25.6 Å². The van der Waals surface area contributed by atoms with Gasteiger partial charge in [0.15, 0.2) is 5.96 Å². The highest BCUT2D eigenvalue weighted by atomic mass is 19.4. The normalized spacial score (nSPS) is 17.5. The van der Waals surface area contributed by atoms with Crippen LogP contribution in [0.1, 0.15) is 32.6 Å². The Morgan fingerprint density at radius 1 is 1.15 bits per heavy atom. The Balaban J connectivity index is 2.63. The van der Waals surface area contributed by atoms with Crippen molar-refractivity contribution in [2.45, 2.75) is 38.8 Å². The first-order valence-electron chi connectivity index (χ1n) is 9.09. The predicted molar refractivity (Wildman–Crippen MR) is 97.1 cm³/mol. The van der Waals surface area contributed by atoms with Gasteiger partial charge >= 0.3 is 6.18 Å². The Hall–Kier alpha value is -1.51. The van der Waals surface area contributed by atoms with Crippen LogP contribution < -0.4 is 10.6 Å². The Morgan fingerprint density at radius 3 is 2.27 bits per heavy atom. The molecule has 1 amide bonds. The van der Waals surface area contributed by atoms with Crippen LogP contribution in [0.5, 0.6) is 0 Å². The van der Waals surface area contributed by atoms with Gasteiger partial charge in [-0.25, -0.2) is 0 Å². The zero-order valence-corrected chi connectivity index (χ0v) is 16.2. The van der Waals surface area contributed by atoms with Crippen molar-refractivity contribution in [3.63, 3.8) is 0 Å². The summed E-state index contributed by atoms with van der Waals surface area (Å²) >= 11 is 0. The molecular weight excluding hydrogens is 347 g/mol. The molecule has 2 N–H and O–H groups in total. The van der Waals surface area contributed by atoms with Crippen molar-refractivity contribution in [2.24, 2.45) is 10.4 Å². The Morgan fingerprint density at radius 2 is 1.77 bits per heavy atom. The van der Waals surface area contributed by atoms with Gasteiger partial charge in [-0.2, -0.15) is 13.2 Å². The molecule has 1 aliphatic rings. The lowest BCUT2D eigenvalue weighted by Gasteiger charge is -2.29. The molecule has 0 bridgehead atoms. The van der Waals surface area contributed by atoms with E-state index in [1.54, 1.807) is 19.0 Å². The number of hydrogen-bond donors (Lipinski definition) is 2. The van der Waals surface area contributed by atoms with Gasteiger partial charge in [0.1, 0.15) is 0 Å². The summed E-state index contributed by atoms with van der Waals surface area (Å²) in [5, 5.41) is 6.14. The standard InChI is InChI=1S/C17H32F3N5O/c1-5-21-15(22-10-11-25(4)13-17(18,19)20)23-12-16(8-6-7-9-16)14(26)24(2)3/h5-13H2,1-4H3,(H2,21,22,23). The smallest absolute Gasteiger partial charge is 0.357 e. The Bertz CT molecular complexity index is 474. The third-order valence-electron chi connectivity index (χ3n) is 4.54. The van der Waals surface area contributed by atoms with Crippen LogP contribution in [0, 0.1) is 5.41 Å². The highest BCUT2D eigenvalue weighted by molar-refractivity contribution is 5.84. The first-order valence-corrected chi connectivity index (χ1v) is 9.09. The molecule has 1 saturated carbocycles. The molecule has 0 aromatic rings. The van der Waals surface area contributed by atoms with Crippen LogP contribution in [-0.4, -0.2) is 81.7 Å². The molecule has 0 spiro atoms. The Kier molecular flexibility index (Phi) is 8.66. The molecule has 6 nitrogen and oxygen atoms in total. The number of likely N-dealkylation sites (N-methyl/N-ethyl adjacent to an activating group) is 1. The van der Waals surface area contributed by atoms with Gasteiger partial charge in [0.05, 0.1) is 18.5 Å². The number of guanidine groups is 1. The molecule has 0 aromatic carbocycles. The minimum atomic E-state index is -4.20. The number of nitrogens with zero attached hydrogens (tertiary/aromatic N) is 3. The fourth-order valence-corrected chi connectivity index (χ4v) is 3.29. The molecule has 0 saturated heterocycles. The molecule has 0 aliphatic heterocycles. The molecule has 152 valence electrons. The molecule has 0 aromatic heterocycles. The first kappa shape index (κ1) is 22.5. The van der Waals surface area contributed by atoms with E-state index < -0.39 is 18.1 Å². The van der Waals surface area contributed by atoms with Crippen molar-refractivity contribution in [2.75, 3.05) is 53.9 Å². The van der Waals surface area contributed by atoms with Gasteiger partial charge in [0.2, 0.25) is 5.91 Å². The van der Waals surface area contributed by atoms with Gasteiger partial charge in [-0.15, -0.1) is 0 Å². The summed E-state index contributed by atoms with van der Waals surface area (Å²) in [6.07, 6.45) is -0.528. The second kappa shape index (κ2) is 9.99. The summed E-state index contributed by atoms with van der Waals surface area (Å²) in [6.45, 7) is 2.58. The van der Waals surface area contributed by atoms with E-state index >= 15 is 0 Å². The number of hydrogen-bond acceptors (Lipinski definition) is 3. The van der Waals surface area contributed by atoms with Gasteiger partial charge in [0.25, 0.3) is 0 Å². The molecule has 0 heterocycles. The molecule has 0 radical (unpaired) electrons. The number of amides is 1. The van der Waals surface area contributed by atoms with Crippen LogP contribution in [0.25, 0.3) is 0 Å². The fourth-order valence-electron chi connectivity index (χ4n) is 3.29. The van der Waals surface area contributed by atoms with Crippen molar-refractivity contribution in [1.29, 1.82) is 0 Å². The summed E-state index contributed by atoms with van der Waals surface area (Å²) in [7, 11) is 4.95. The molecule has 1 rings (SSSR count). The maximum Gasteiger partial charge on any atom is 0.401 e. The topological polar surface area (TPSA) is 60.0 Å². The van der Waals surface area contributed by atoms with Gasteiger partial charge in [-0.3, -0.25) is 14.7 Å². The Labute approximate surface area is 154 Å². The largest absolute Gasteiger partial charge is 0.401 e. The lowest BCUT2D eigenvalue weighted by atomic mass is 9.85. The highest BCUT2D eigenvalue weighted by Crippen LogP contribution is 2.39. The summed E-state index contributed by atoms with van der Waals surface area (Å²) in [5.74, 6) is 0.630. The van der Waals surface area contributed by atoms with Gasteiger partial charge in [-0.05, 0) is 26.8 Å². The average molecular weight is 379 g/mol. The van der Waals surface area contributed by atoms with E-state index in [0.717, 1.165) is 25.7 Å². The monoisotopic (exact) mass is 379 g/mol. The van der Waals surface area contributed by atoms with Crippen molar-refractivity contribution < 1.29 is 18.0 Å². The molecule has 9 heteroatoms. The number of rotatable bonds is 8. The predicted octanol–water partition coefficient (Wildman–Crippen LogP) is 1.68. The highest BCUT2D eigenvalue weighted by Gasteiger charge is 2.42. The quantitative estimate of drug-likeness (QED) is 0.498. The summed E-state index contributed by atoms with van der Waals surface area (Å²) in [4.78, 5) is 20.0. The number of aliphatic imine (C=N–C) groups is 1. The maximum absolute atomic E-state index is 12.6. The molecular formula is C17H32F3N5O. The van der Waals surface area contributed by atoms with E-state index in [1.165, 1.54) is 11.9 Å². The maximum atomic E-state index is 12.6. The van der Waals surface area contributed by atoms with Gasteiger partial charge < -0.3 is 15.5 Å². The van der Waals surface area contributed by atoms with Crippen LogP contribution in [0.3, 0.4) is 0 Å². The minimum Gasteiger partial charge on any atom is -0.357 e. The van der Waals surface area contributed by atoms with E-state index in [1.807, 2.05) is 6.92 Å². The van der Waals surface area contributed by atoms with Crippen LogP contribution in [0.2, 0.25) is 0 Å². The summed E-state index contributed by atoms with van der Waals surface area (Å²) < 4.78 is 37.1. The summed E-state index contributed by atoms with van der Waals surface area (Å²) in [6, 6.07) is 0. The molecule has 1 aliphatic carbocycles. The third-order valence-corrected chi connectivity index (χ3v) is 4.54. The zero-order chi connectivity index (χ0) is 19.8. The van der Waals surface area contributed by atoms with Crippen molar-refractivity contribution >= 4 is 11.9 Å². The zero-order valence-electron chi connectivity index (χ0n) is 16.2. The number of carbonyl (C=O) groups excluding carboxylic acids is 1. The SMILES string of the molecule is CCNC(=NCC1(C(=O)N(C)C)CCCC1)NCCN(C)CC(F)(F)F. The second-order valence-corrected chi connectivity index (χ2v) is 7.16. The molecule has 0 unspecified atom stereocenters. The summed E-state index contributed by atoms with van der Waals surface area (Å²) in [5.41, 5.74) is -0.459. The van der Waals surface area contributed by atoms with Crippen LogP contribution in [0.4, 0.5) is 13.2 Å². The van der Waals surface area contributed by atoms with E-state index in [4.69, 9.17) is 0 Å². The van der Waals surface area contributed by atoms with Crippen LogP contribution in [0.15, 0.2) is 4.99 Å². The number of halogens is 3. The van der Waals surface area contributed by atoms with Crippen molar-refractivity contribution in [1.82, 2.24) is 20.4 Å². The second-order valence-electron chi connectivity index (χ2n) is 7.16. The van der Waals surface area contributed by atoms with E-state index in [9.17, 15) is 18.0 Å². The van der Waals surface area contributed by atoms with Crippen LogP contribution >= 0.6 is 0 Å². The third kappa shape index (κ3) is 7.39. The lowest BCUT2D eigenvalue weighted by molar-refractivity contribution is -0.142. The fraction of sp³-hybridized carbons (Fsp3) is 0.882. The number of carbonyl (C=O) groups is 1. The molecule has 1 fully saturated rings. The molecule has 0 atom stereocenters. The van der Waals surface area contributed by atoms with Crippen molar-refractivity contribution in [3.8, 4) is 0 Å². The first-order chi connectivity index (χ1) is 12.1.